The summed E-state index contributed by atoms with van der Waals surface area (Å²) in [5, 5.41) is 9.69. The minimum absolute atomic E-state index is 0.0278. The molecule has 0 aliphatic heterocycles. The fourth-order valence-corrected chi connectivity index (χ4v) is 1.55. The number of carboxylic acids is 1. The van der Waals surface area contributed by atoms with E-state index in [1.54, 1.807) is 6.07 Å². The zero-order valence-electron chi connectivity index (χ0n) is 8.48. The van der Waals surface area contributed by atoms with E-state index < -0.39 is 5.97 Å². The van der Waals surface area contributed by atoms with Gasteiger partial charge in [0, 0.05) is 11.1 Å². The number of carboxylic acid groups (broad SMARTS) is 1. The van der Waals surface area contributed by atoms with Crippen LogP contribution in [0.4, 0.5) is 0 Å². The molecule has 0 saturated carbocycles. The average Bonchev–Trinajstić information content (AvgIpc) is 2.16. The van der Waals surface area contributed by atoms with E-state index in [1.807, 2.05) is 19.9 Å². The van der Waals surface area contributed by atoms with E-state index >= 15 is 0 Å². The Balaban J connectivity index is 2.76. The van der Waals surface area contributed by atoms with Gasteiger partial charge in [0.1, 0.15) is 0 Å². The Hall–Kier alpha value is -1.97. The van der Waals surface area contributed by atoms with Crippen molar-refractivity contribution in [1.29, 1.82) is 0 Å². The topological polar surface area (TPSA) is 63.1 Å². The van der Waals surface area contributed by atoms with E-state index in [0.29, 0.717) is 5.65 Å². The Morgan fingerprint density at radius 1 is 1.27 bits per heavy atom. The van der Waals surface area contributed by atoms with E-state index in [1.165, 1.54) is 6.07 Å². The SMILES string of the molecule is Cc1cc(C)c2ccc(C(=O)O)nc2n1. The summed E-state index contributed by atoms with van der Waals surface area (Å²) in [6.45, 7) is 3.82. The Bertz CT molecular complexity index is 550. The minimum atomic E-state index is -1.03. The number of aryl methyl sites for hydroxylation is 2. The molecule has 0 spiro atoms. The highest BCUT2D eigenvalue weighted by atomic mass is 16.4. The molecule has 0 amide bonds. The molecule has 0 unspecified atom stereocenters. The van der Waals surface area contributed by atoms with E-state index in [4.69, 9.17) is 5.11 Å². The van der Waals surface area contributed by atoms with Crippen molar-refractivity contribution >= 4 is 17.0 Å². The van der Waals surface area contributed by atoms with Crippen molar-refractivity contribution in [3.8, 4) is 0 Å². The predicted molar refractivity (Wildman–Crippen MR) is 56.0 cm³/mol. The summed E-state index contributed by atoms with van der Waals surface area (Å²) in [5.74, 6) is -1.03. The van der Waals surface area contributed by atoms with Crippen molar-refractivity contribution in [3.63, 3.8) is 0 Å². The largest absolute Gasteiger partial charge is 0.477 e. The standard InChI is InChI=1S/C11H10N2O2/c1-6-5-7(2)12-10-8(6)3-4-9(13-10)11(14)15/h3-5H,1-2H3,(H,14,15). The van der Waals surface area contributed by atoms with Crippen LogP contribution >= 0.6 is 0 Å². The molecule has 0 radical (unpaired) electrons. The van der Waals surface area contributed by atoms with Gasteiger partial charge >= 0.3 is 5.97 Å². The smallest absolute Gasteiger partial charge is 0.354 e. The van der Waals surface area contributed by atoms with Crippen LogP contribution in [-0.2, 0) is 0 Å². The first-order valence-electron chi connectivity index (χ1n) is 4.56. The molecule has 0 aliphatic carbocycles. The van der Waals surface area contributed by atoms with Gasteiger partial charge in [-0.05, 0) is 37.6 Å². The molecular formula is C11H10N2O2. The molecule has 0 saturated heterocycles. The summed E-state index contributed by atoms with van der Waals surface area (Å²) >= 11 is 0. The summed E-state index contributed by atoms with van der Waals surface area (Å²) in [7, 11) is 0. The van der Waals surface area contributed by atoms with Gasteiger partial charge in [0.2, 0.25) is 0 Å². The number of aromatic nitrogens is 2. The lowest BCUT2D eigenvalue weighted by Gasteiger charge is -2.03. The molecule has 0 aliphatic rings. The summed E-state index contributed by atoms with van der Waals surface area (Å²) < 4.78 is 0. The first-order chi connectivity index (χ1) is 7.08. The monoisotopic (exact) mass is 202 g/mol. The molecule has 76 valence electrons. The lowest BCUT2D eigenvalue weighted by Crippen LogP contribution is -2.01. The van der Waals surface area contributed by atoms with Crippen LogP contribution in [0, 0.1) is 13.8 Å². The van der Waals surface area contributed by atoms with Gasteiger partial charge in [0.25, 0.3) is 0 Å². The lowest BCUT2D eigenvalue weighted by molar-refractivity contribution is 0.0691. The Kier molecular flexibility index (Phi) is 2.11. The molecule has 4 nitrogen and oxygen atoms in total. The van der Waals surface area contributed by atoms with E-state index in [0.717, 1.165) is 16.6 Å². The van der Waals surface area contributed by atoms with Crippen LogP contribution in [0.15, 0.2) is 18.2 Å². The van der Waals surface area contributed by atoms with Crippen LogP contribution in [0.3, 0.4) is 0 Å². The molecule has 2 aromatic rings. The molecule has 2 rings (SSSR count). The lowest BCUT2D eigenvalue weighted by atomic mass is 10.1. The molecule has 0 atom stereocenters. The van der Waals surface area contributed by atoms with Crippen molar-refractivity contribution < 1.29 is 9.90 Å². The first-order valence-corrected chi connectivity index (χ1v) is 4.56. The summed E-state index contributed by atoms with van der Waals surface area (Å²) in [6, 6.07) is 5.19. The van der Waals surface area contributed by atoms with Crippen LogP contribution in [0.2, 0.25) is 0 Å². The van der Waals surface area contributed by atoms with Gasteiger partial charge in [-0.1, -0.05) is 0 Å². The first kappa shape index (κ1) is 9.58. The number of hydrogen-bond donors (Lipinski definition) is 1. The summed E-state index contributed by atoms with van der Waals surface area (Å²) in [6.07, 6.45) is 0. The molecule has 2 aromatic heterocycles. The molecule has 4 heteroatoms. The molecule has 0 aromatic carbocycles. The number of aromatic carboxylic acids is 1. The van der Waals surface area contributed by atoms with Crippen LogP contribution in [0.1, 0.15) is 21.7 Å². The van der Waals surface area contributed by atoms with Crippen LogP contribution in [0.5, 0.6) is 0 Å². The van der Waals surface area contributed by atoms with E-state index in [9.17, 15) is 4.79 Å². The number of pyridine rings is 2. The fraction of sp³-hybridized carbons (Fsp3) is 0.182. The van der Waals surface area contributed by atoms with E-state index in [2.05, 4.69) is 9.97 Å². The fourth-order valence-electron chi connectivity index (χ4n) is 1.55. The third kappa shape index (κ3) is 1.66. The highest BCUT2D eigenvalue weighted by molar-refractivity contribution is 5.89. The molecular weight excluding hydrogens is 192 g/mol. The maximum atomic E-state index is 10.7. The maximum absolute atomic E-state index is 10.7. The third-order valence-electron chi connectivity index (χ3n) is 2.23. The van der Waals surface area contributed by atoms with Crippen molar-refractivity contribution in [2.45, 2.75) is 13.8 Å². The number of nitrogens with zero attached hydrogens (tertiary/aromatic N) is 2. The van der Waals surface area contributed by atoms with Gasteiger partial charge in [-0.15, -0.1) is 0 Å². The van der Waals surface area contributed by atoms with Gasteiger partial charge in [-0.25, -0.2) is 14.8 Å². The molecule has 0 bridgehead atoms. The number of fused-ring (bicyclic) bond motifs is 1. The number of carbonyl (C=O) groups is 1. The van der Waals surface area contributed by atoms with Crippen molar-refractivity contribution in [2.24, 2.45) is 0 Å². The van der Waals surface area contributed by atoms with Gasteiger partial charge in [-0.3, -0.25) is 0 Å². The molecule has 2 heterocycles. The van der Waals surface area contributed by atoms with Gasteiger partial charge < -0.3 is 5.11 Å². The Morgan fingerprint density at radius 2 is 2.00 bits per heavy atom. The van der Waals surface area contributed by atoms with Crippen LogP contribution in [-0.4, -0.2) is 21.0 Å². The number of hydrogen-bond acceptors (Lipinski definition) is 3. The zero-order chi connectivity index (χ0) is 11.0. The molecule has 0 fully saturated rings. The summed E-state index contributed by atoms with van der Waals surface area (Å²) in [5.41, 5.74) is 2.42. The second-order valence-corrected chi connectivity index (χ2v) is 3.45. The zero-order valence-corrected chi connectivity index (χ0v) is 8.48. The normalized spacial score (nSPS) is 10.5. The average molecular weight is 202 g/mol. The Labute approximate surface area is 86.6 Å². The predicted octanol–water partition coefficient (Wildman–Crippen LogP) is 1.94. The summed E-state index contributed by atoms with van der Waals surface area (Å²) in [4.78, 5) is 18.9. The quantitative estimate of drug-likeness (QED) is 0.767. The highest BCUT2D eigenvalue weighted by Crippen LogP contribution is 2.16. The van der Waals surface area contributed by atoms with Gasteiger partial charge in [0.15, 0.2) is 11.3 Å². The van der Waals surface area contributed by atoms with Crippen LogP contribution < -0.4 is 0 Å². The second-order valence-electron chi connectivity index (χ2n) is 3.45. The van der Waals surface area contributed by atoms with Gasteiger partial charge in [-0.2, -0.15) is 0 Å². The second kappa shape index (κ2) is 3.31. The maximum Gasteiger partial charge on any atom is 0.354 e. The number of rotatable bonds is 1. The van der Waals surface area contributed by atoms with Gasteiger partial charge in [0.05, 0.1) is 0 Å². The third-order valence-corrected chi connectivity index (χ3v) is 2.23. The minimum Gasteiger partial charge on any atom is -0.477 e. The van der Waals surface area contributed by atoms with Crippen LogP contribution in [0.25, 0.3) is 11.0 Å². The van der Waals surface area contributed by atoms with Crippen molar-refractivity contribution in [2.75, 3.05) is 0 Å². The Morgan fingerprint density at radius 3 is 2.67 bits per heavy atom. The van der Waals surface area contributed by atoms with Crippen molar-refractivity contribution in [3.05, 3.63) is 35.2 Å². The van der Waals surface area contributed by atoms with E-state index in [-0.39, 0.29) is 5.69 Å². The van der Waals surface area contributed by atoms with Crippen molar-refractivity contribution in [1.82, 2.24) is 9.97 Å². The molecule has 15 heavy (non-hydrogen) atoms. The molecule has 1 N–H and O–H groups in total. The highest BCUT2D eigenvalue weighted by Gasteiger charge is 2.07.